The maximum Gasteiger partial charge on any atom is 0.320 e. The Labute approximate surface area is 181 Å². The number of likely N-dealkylation sites (tertiary alicyclic amines) is 1. The summed E-state index contributed by atoms with van der Waals surface area (Å²) in [5, 5.41) is 9.75. The second-order valence-corrected chi connectivity index (χ2v) is 8.61. The lowest BCUT2D eigenvalue weighted by atomic mass is 9.98. The molecule has 2 N–H and O–H groups in total. The van der Waals surface area contributed by atoms with Gasteiger partial charge in [0.2, 0.25) is 0 Å². The highest BCUT2D eigenvalue weighted by Gasteiger charge is 2.28. The number of piperidine rings is 1. The van der Waals surface area contributed by atoms with Gasteiger partial charge in [-0.25, -0.2) is 9.78 Å². The van der Waals surface area contributed by atoms with E-state index in [1.54, 1.807) is 0 Å². The van der Waals surface area contributed by atoms with Crippen LogP contribution < -0.4 is 4.74 Å². The number of hydrogen-bond donors (Lipinski definition) is 2. The predicted molar refractivity (Wildman–Crippen MR) is 119 cm³/mol. The van der Waals surface area contributed by atoms with Crippen molar-refractivity contribution >= 4 is 17.1 Å². The van der Waals surface area contributed by atoms with Gasteiger partial charge in [0.25, 0.3) is 0 Å². The van der Waals surface area contributed by atoms with Crippen LogP contribution in [-0.4, -0.2) is 63.3 Å². The van der Waals surface area contributed by atoms with E-state index in [2.05, 4.69) is 41.2 Å². The summed E-state index contributed by atoms with van der Waals surface area (Å²) in [5.41, 5.74) is 6.28. The highest BCUT2D eigenvalue weighted by Crippen LogP contribution is 2.34. The molecule has 0 atom stereocenters. The number of rotatable bonds is 1. The standard InChI is InChI=1S/C24H28N4O3/c1-15-11-18(17-3-4-21-22(13-17)26-16(2)25-21)12-19-14-28(9-10-31-23(15)19)24(30)27-7-5-20(29)6-8-27/h3-4,11-13,20,29H,5-10,14H2,1-2H3,(H,25,26). The summed E-state index contributed by atoms with van der Waals surface area (Å²) in [6, 6.07) is 10.6. The van der Waals surface area contributed by atoms with Gasteiger partial charge in [0.1, 0.15) is 18.2 Å². The topological polar surface area (TPSA) is 81.7 Å². The number of nitrogens with one attached hydrogen (secondary N) is 1. The molecule has 0 aliphatic carbocycles. The normalized spacial score (nSPS) is 17.4. The van der Waals surface area contributed by atoms with Crippen molar-refractivity contribution in [3.05, 3.63) is 47.3 Å². The third-order valence-electron chi connectivity index (χ3n) is 6.26. The van der Waals surface area contributed by atoms with E-state index in [0.717, 1.165) is 44.9 Å². The first-order valence-electron chi connectivity index (χ1n) is 10.9. The molecule has 0 bridgehead atoms. The number of imidazole rings is 1. The number of aliphatic hydroxyl groups excluding tert-OH is 1. The SMILES string of the molecule is Cc1nc2ccc(-c3cc(C)c4c(c3)CN(C(=O)N3CCC(O)CC3)CCO4)cc2[nH]1. The average molecular weight is 421 g/mol. The Kier molecular flexibility index (Phi) is 5.06. The minimum absolute atomic E-state index is 0.0285. The number of fused-ring (bicyclic) bond motifs is 2. The molecule has 2 aliphatic heterocycles. The molecule has 162 valence electrons. The molecule has 2 amide bonds. The summed E-state index contributed by atoms with van der Waals surface area (Å²) in [4.78, 5) is 24.6. The molecule has 0 saturated carbocycles. The molecule has 0 unspecified atom stereocenters. The number of aryl methyl sites for hydroxylation is 2. The lowest BCUT2D eigenvalue weighted by Gasteiger charge is -2.33. The highest BCUT2D eigenvalue weighted by molar-refractivity contribution is 5.82. The maximum atomic E-state index is 13.1. The quantitative estimate of drug-likeness (QED) is 0.630. The Bertz CT molecular complexity index is 1130. The van der Waals surface area contributed by atoms with Gasteiger partial charge in [-0.3, -0.25) is 0 Å². The first kappa shape index (κ1) is 19.9. The predicted octanol–water partition coefficient (Wildman–Crippen LogP) is 3.62. The number of carbonyl (C=O) groups excluding carboxylic acids is 1. The molecule has 3 heterocycles. The first-order chi connectivity index (χ1) is 15.0. The number of H-pyrrole nitrogens is 1. The van der Waals surface area contributed by atoms with Crippen LogP contribution in [-0.2, 0) is 6.54 Å². The van der Waals surface area contributed by atoms with E-state index in [-0.39, 0.29) is 12.1 Å². The summed E-state index contributed by atoms with van der Waals surface area (Å²) in [5.74, 6) is 1.78. The van der Waals surface area contributed by atoms with Crippen LogP contribution in [0.2, 0.25) is 0 Å². The number of urea groups is 1. The number of benzene rings is 2. The van der Waals surface area contributed by atoms with E-state index in [1.165, 1.54) is 0 Å². The van der Waals surface area contributed by atoms with E-state index in [9.17, 15) is 9.90 Å². The summed E-state index contributed by atoms with van der Waals surface area (Å²) in [6.07, 6.45) is 0.996. The van der Waals surface area contributed by atoms with Crippen molar-refractivity contribution in [3.63, 3.8) is 0 Å². The smallest absolute Gasteiger partial charge is 0.320 e. The zero-order valence-electron chi connectivity index (χ0n) is 18.0. The Hall–Kier alpha value is -3.06. The van der Waals surface area contributed by atoms with E-state index in [0.29, 0.717) is 45.6 Å². The first-order valence-corrected chi connectivity index (χ1v) is 10.9. The zero-order chi connectivity index (χ0) is 21.5. The molecule has 3 aromatic rings. The number of aliphatic hydroxyl groups is 1. The van der Waals surface area contributed by atoms with Gasteiger partial charge in [-0.05, 0) is 67.6 Å². The van der Waals surface area contributed by atoms with E-state index in [1.807, 2.05) is 22.8 Å². The molecule has 1 aromatic heterocycles. The molecule has 31 heavy (non-hydrogen) atoms. The van der Waals surface area contributed by atoms with Crippen LogP contribution in [0.5, 0.6) is 5.75 Å². The number of nitrogens with zero attached hydrogens (tertiary/aromatic N) is 3. The van der Waals surface area contributed by atoms with Crippen LogP contribution in [0, 0.1) is 13.8 Å². The number of aromatic amines is 1. The minimum atomic E-state index is -0.293. The molecule has 7 heteroatoms. The summed E-state index contributed by atoms with van der Waals surface area (Å²) >= 11 is 0. The lowest BCUT2D eigenvalue weighted by Crippen LogP contribution is -2.47. The lowest BCUT2D eigenvalue weighted by molar-refractivity contribution is 0.0795. The molecule has 0 spiro atoms. The molecule has 1 saturated heterocycles. The molecular weight excluding hydrogens is 392 g/mol. The molecule has 2 aromatic carbocycles. The number of hydrogen-bond acceptors (Lipinski definition) is 4. The molecule has 2 aliphatic rings. The van der Waals surface area contributed by atoms with Gasteiger partial charge in [-0.2, -0.15) is 0 Å². The largest absolute Gasteiger partial charge is 0.491 e. The van der Waals surface area contributed by atoms with Crippen LogP contribution in [0.4, 0.5) is 4.79 Å². The van der Waals surface area contributed by atoms with Crippen molar-refractivity contribution in [3.8, 4) is 16.9 Å². The summed E-state index contributed by atoms with van der Waals surface area (Å²) in [6.45, 7) is 6.78. The van der Waals surface area contributed by atoms with Crippen molar-refractivity contribution in [2.45, 2.75) is 39.3 Å². The van der Waals surface area contributed by atoms with Gasteiger partial charge in [-0.15, -0.1) is 0 Å². The molecule has 7 nitrogen and oxygen atoms in total. The van der Waals surface area contributed by atoms with Crippen molar-refractivity contribution < 1.29 is 14.6 Å². The van der Waals surface area contributed by atoms with Crippen molar-refractivity contribution in [1.29, 1.82) is 0 Å². The van der Waals surface area contributed by atoms with Gasteiger partial charge < -0.3 is 24.6 Å². The van der Waals surface area contributed by atoms with Crippen LogP contribution in [0.15, 0.2) is 30.3 Å². The second kappa shape index (κ2) is 7.89. The van der Waals surface area contributed by atoms with Crippen molar-refractivity contribution in [1.82, 2.24) is 19.8 Å². The van der Waals surface area contributed by atoms with Gasteiger partial charge in [0.15, 0.2) is 0 Å². The van der Waals surface area contributed by atoms with Crippen LogP contribution >= 0.6 is 0 Å². The molecule has 5 rings (SSSR count). The summed E-state index contributed by atoms with van der Waals surface area (Å²) < 4.78 is 6.06. The Morgan fingerprint density at radius 2 is 1.90 bits per heavy atom. The molecule has 1 fully saturated rings. The van der Waals surface area contributed by atoms with Crippen molar-refractivity contribution in [2.24, 2.45) is 0 Å². The Balaban J connectivity index is 1.44. The average Bonchev–Trinajstić information content (AvgIpc) is 2.99. The minimum Gasteiger partial charge on any atom is -0.491 e. The van der Waals surface area contributed by atoms with Crippen LogP contribution in [0.25, 0.3) is 22.2 Å². The maximum absolute atomic E-state index is 13.1. The van der Waals surface area contributed by atoms with Crippen LogP contribution in [0.3, 0.4) is 0 Å². The van der Waals surface area contributed by atoms with E-state index >= 15 is 0 Å². The molecular formula is C24H28N4O3. The van der Waals surface area contributed by atoms with Crippen molar-refractivity contribution in [2.75, 3.05) is 26.2 Å². The Morgan fingerprint density at radius 1 is 1.10 bits per heavy atom. The fourth-order valence-electron chi connectivity index (χ4n) is 4.62. The van der Waals surface area contributed by atoms with Gasteiger partial charge >= 0.3 is 6.03 Å². The highest BCUT2D eigenvalue weighted by atomic mass is 16.5. The zero-order valence-corrected chi connectivity index (χ0v) is 18.0. The number of carbonyl (C=O) groups is 1. The third-order valence-corrected chi connectivity index (χ3v) is 6.26. The Morgan fingerprint density at radius 3 is 2.71 bits per heavy atom. The van der Waals surface area contributed by atoms with Gasteiger partial charge in [0, 0.05) is 18.7 Å². The summed E-state index contributed by atoms with van der Waals surface area (Å²) in [7, 11) is 0. The number of aromatic nitrogens is 2. The fraction of sp³-hybridized carbons (Fsp3) is 0.417. The van der Waals surface area contributed by atoms with Gasteiger partial charge in [0.05, 0.1) is 30.2 Å². The van der Waals surface area contributed by atoms with Gasteiger partial charge in [-0.1, -0.05) is 6.07 Å². The van der Waals surface area contributed by atoms with E-state index < -0.39 is 0 Å². The third kappa shape index (κ3) is 3.85. The second-order valence-electron chi connectivity index (χ2n) is 8.61. The van der Waals surface area contributed by atoms with Crippen LogP contribution in [0.1, 0.15) is 29.8 Å². The number of ether oxygens (including phenoxy) is 1. The monoisotopic (exact) mass is 420 g/mol. The number of amides is 2. The fourth-order valence-corrected chi connectivity index (χ4v) is 4.62. The van der Waals surface area contributed by atoms with E-state index in [4.69, 9.17) is 4.74 Å². The molecule has 0 radical (unpaired) electrons.